The van der Waals surface area contributed by atoms with E-state index in [4.69, 9.17) is 14.6 Å². The van der Waals surface area contributed by atoms with E-state index in [0.29, 0.717) is 23.5 Å². The molecular formula is C38H58O3. The van der Waals surface area contributed by atoms with E-state index in [1.165, 1.54) is 42.4 Å². The molecule has 3 aromatic carbocycles. The first-order valence-electron chi connectivity index (χ1n) is 15.9. The average Bonchev–Trinajstić information content (AvgIpc) is 2.99. The van der Waals surface area contributed by atoms with E-state index in [1.807, 2.05) is 26.0 Å². The highest BCUT2D eigenvalue weighted by atomic mass is 16.5. The predicted molar refractivity (Wildman–Crippen MR) is 178 cm³/mol. The third-order valence-electron chi connectivity index (χ3n) is 7.59. The van der Waals surface area contributed by atoms with Crippen molar-refractivity contribution in [3.63, 3.8) is 0 Å². The van der Waals surface area contributed by atoms with Gasteiger partial charge in [-0.2, -0.15) is 0 Å². The molecule has 0 fully saturated rings. The lowest BCUT2D eigenvalue weighted by molar-refractivity contribution is 0.242. The Hall–Kier alpha value is -2.94. The number of benzene rings is 3. The number of rotatable bonds is 13. The molecule has 1 N–H and O–H groups in total. The lowest BCUT2D eigenvalue weighted by Gasteiger charge is -2.12. The van der Waals surface area contributed by atoms with Crippen molar-refractivity contribution < 1.29 is 14.6 Å². The molecule has 0 amide bonds. The van der Waals surface area contributed by atoms with Gasteiger partial charge in [0.1, 0.15) is 17.2 Å². The van der Waals surface area contributed by atoms with Gasteiger partial charge in [0.15, 0.2) is 0 Å². The summed E-state index contributed by atoms with van der Waals surface area (Å²) in [5, 5.41) is 9.01. The van der Waals surface area contributed by atoms with Crippen LogP contribution in [0, 0.1) is 0 Å². The standard InChI is InChI=1S/C15H24O.C13H20O.C10H14O/c1-4-6-7-12-16-15-10-8-14(9-11-15)13(3)5-2;1-5-11(4)12-6-8-13(9-7-12)14-10(2)3;1-3-8(2)9-4-6-10(11)7-5-9/h8-11,13H,4-7,12H2,1-3H3;6-11H,5H2,1-4H3;4-8,11H,3H2,1-2H3. The van der Waals surface area contributed by atoms with Crippen LogP contribution in [0.3, 0.4) is 0 Å². The van der Waals surface area contributed by atoms with Crippen LogP contribution in [0.25, 0.3) is 0 Å². The molecule has 0 saturated carbocycles. The van der Waals surface area contributed by atoms with Gasteiger partial charge in [-0.1, -0.05) is 97.7 Å². The number of phenols is 1. The summed E-state index contributed by atoms with van der Waals surface area (Å²) in [4.78, 5) is 0. The molecule has 0 spiro atoms. The summed E-state index contributed by atoms with van der Waals surface area (Å²) >= 11 is 0. The summed E-state index contributed by atoms with van der Waals surface area (Å²) in [6.07, 6.45) is 7.43. The van der Waals surface area contributed by atoms with Crippen molar-refractivity contribution in [1.82, 2.24) is 0 Å². The van der Waals surface area contributed by atoms with Crippen LogP contribution in [-0.4, -0.2) is 17.8 Å². The topological polar surface area (TPSA) is 38.7 Å². The molecular weight excluding hydrogens is 504 g/mol. The molecule has 3 atom stereocenters. The van der Waals surface area contributed by atoms with E-state index in [9.17, 15) is 0 Å². The van der Waals surface area contributed by atoms with Gasteiger partial charge in [-0.05, 0) is 110 Å². The smallest absolute Gasteiger partial charge is 0.119 e. The van der Waals surface area contributed by atoms with Gasteiger partial charge < -0.3 is 14.6 Å². The highest BCUT2D eigenvalue weighted by Gasteiger charge is 2.04. The summed E-state index contributed by atoms with van der Waals surface area (Å²) in [6.45, 7) is 20.4. The lowest BCUT2D eigenvalue weighted by atomic mass is 9.99. The van der Waals surface area contributed by atoms with E-state index >= 15 is 0 Å². The van der Waals surface area contributed by atoms with E-state index in [2.05, 4.69) is 97.0 Å². The largest absolute Gasteiger partial charge is 0.508 e. The van der Waals surface area contributed by atoms with Crippen LogP contribution in [0.1, 0.15) is 135 Å². The third-order valence-corrected chi connectivity index (χ3v) is 7.59. The Morgan fingerprint density at radius 3 is 1.29 bits per heavy atom. The molecule has 228 valence electrons. The van der Waals surface area contributed by atoms with Gasteiger partial charge in [0.05, 0.1) is 12.7 Å². The minimum absolute atomic E-state index is 0.254. The first kappa shape index (κ1) is 36.1. The van der Waals surface area contributed by atoms with Gasteiger partial charge in [0.2, 0.25) is 0 Å². The number of phenolic OH excluding ortho intramolecular Hbond substituents is 1. The summed E-state index contributed by atoms with van der Waals surface area (Å²) in [6, 6.07) is 24.4. The second-order valence-electron chi connectivity index (χ2n) is 11.4. The molecule has 3 rings (SSSR count). The number of aromatic hydroxyl groups is 1. The molecule has 3 unspecified atom stereocenters. The molecule has 0 aliphatic carbocycles. The van der Waals surface area contributed by atoms with Crippen LogP contribution < -0.4 is 9.47 Å². The fourth-order valence-electron chi connectivity index (χ4n) is 4.09. The van der Waals surface area contributed by atoms with E-state index in [-0.39, 0.29) is 6.10 Å². The Morgan fingerprint density at radius 1 is 0.537 bits per heavy atom. The van der Waals surface area contributed by atoms with Gasteiger partial charge >= 0.3 is 0 Å². The molecule has 0 aliphatic heterocycles. The molecule has 0 bridgehead atoms. The first-order chi connectivity index (χ1) is 19.6. The molecule has 41 heavy (non-hydrogen) atoms. The fraction of sp³-hybridized carbons (Fsp3) is 0.526. The van der Waals surface area contributed by atoms with Crippen LogP contribution in [0.15, 0.2) is 72.8 Å². The van der Waals surface area contributed by atoms with E-state index in [1.54, 1.807) is 12.1 Å². The maximum atomic E-state index is 9.01. The zero-order chi connectivity index (χ0) is 30.6. The average molecular weight is 563 g/mol. The number of unbranched alkanes of at least 4 members (excludes halogenated alkanes) is 2. The Bertz CT molecular complexity index is 1020. The molecule has 3 nitrogen and oxygen atoms in total. The van der Waals surface area contributed by atoms with Gasteiger partial charge in [-0.15, -0.1) is 0 Å². The molecule has 0 radical (unpaired) electrons. The highest BCUT2D eigenvalue weighted by molar-refractivity contribution is 5.30. The maximum absolute atomic E-state index is 9.01. The van der Waals surface area contributed by atoms with Crippen molar-refractivity contribution in [2.45, 2.75) is 125 Å². The number of ether oxygens (including phenoxy) is 2. The molecule has 0 saturated heterocycles. The quantitative estimate of drug-likeness (QED) is 0.211. The zero-order valence-corrected chi connectivity index (χ0v) is 27.5. The van der Waals surface area contributed by atoms with Gasteiger partial charge in [-0.3, -0.25) is 0 Å². The van der Waals surface area contributed by atoms with Gasteiger partial charge in [0.25, 0.3) is 0 Å². The van der Waals surface area contributed by atoms with Crippen LogP contribution in [0.2, 0.25) is 0 Å². The maximum Gasteiger partial charge on any atom is 0.119 e. The molecule has 0 aliphatic rings. The molecule has 3 heteroatoms. The number of hydrogen-bond acceptors (Lipinski definition) is 3. The SMILES string of the molecule is CCC(C)c1ccc(O)cc1.CCC(C)c1ccc(OC(C)C)cc1.CCCCCOc1ccc(C(C)CC)cc1. The summed E-state index contributed by atoms with van der Waals surface area (Å²) < 4.78 is 11.3. The Balaban J connectivity index is 0.000000313. The van der Waals surface area contributed by atoms with Crippen LogP contribution in [0.5, 0.6) is 17.2 Å². The van der Waals surface area contributed by atoms with Crippen molar-refractivity contribution in [1.29, 1.82) is 0 Å². The first-order valence-corrected chi connectivity index (χ1v) is 15.9. The summed E-state index contributed by atoms with van der Waals surface area (Å²) in [5.74, 6) is 4.19. The minimum atomic E-state index is 0.254. The van der Waals surface area contributed by atoms with Gasteiger partial charge in [0, 0.05) is 0 Å². The molecule has 0 heterocycles. The van der Waals surface area contributed by atoms with Crippen molar-refractivity contribution in [2.24, 2.45) is 0 Å². The van der Waals surface area contributed by atoms with Crippen molar-refractivity contribution in [3.8, 4) is 17.2 Å². The fourth-order valence-corrected chi connectivity index (χ4v) is 4.09. The second-order valence-corrected chi connectivity index (χ2v) is 11.4. The highest BCUT2D eigenvalue weighted by Crippen LogP contribution is 2.23. The second kappa shape index (κ2) is 20.9. The van der Waals surface area contributed by atoms with Crippen LogP contribution >= 0.6 is 0 Å². The zero-order valence-electron chi connectivity index (χ0n) is 27.5. The Morgan fingerprint density at radius 2 is 0.927 bits per heavy atom. The van der Waals surface area contributed by atoms with Crippen molar-refractivity contribution in [2.75, 3.05) is 6.61 Å². The van der Waals surface area contributed by atoms with Crippen molar-refractivity contribution in [3.05, 3.63) is 89.5 Å². The molecule has 3 aromatic rings. The van der Waals surface area contributed by atoms with E-state index < -0.39 is 0 Å². The normalized spacial score (nSPS) is 12.7. The summed E-state index contributed by atoms with van der Waals surface area (Å²) in [7, 11) is 0. The minimum Gasteiger partial charge on any atom is -0.508 e. The van der Waals surface area contributed by atoms with Crippen LogP contribution in [0.4, 0.5) is 0 Å². The Labute approximate surface area is 252 Å². The van der Waals surface area contributed by atoms with Gasteiger partial charge in [-0.25, -0.2) is 0 Å². The van der Waals surface area contributed by atoms with E-state index in [0.717, 1.165) is 30.9 Å². The van der Waals surface area contributed by atoms with Crippen LogP contribution in [-0.2, 0) is 0 Å². The number of hydrogen-bond donors (Lipinski definition) is 1. The summed E-state index contributed by atoms with van der Waals surface area (Å²) in [5.41, 5.74) is 4.09. The molecule has 0 aromatic heterocycles. The monoisotopic (exact) mass is 562 g/mol. The predicted octanol–water partition coefficient (Wildman–Crippen LogP) is 11.7. The van der Waals surface area contributed by atoms with Crippen molar-refractivity contribution >= 4 is 0 Å². The third kappa shape index (κ3) is 15.0. The Kier molecular flexibility index (Phi) is 18.4. The lowest BCUT2D eigenvalue weighted by Crippen LogP contribution is -2.05.